The van der Waals surface area contributed by atoms with E-state index in [4.69, 9.17) is 23.4 Å². The van der Waals surface area contributed by atoms with Gasteiger partial charge in [0.15, 0.2) is 23.0 Å². The van der Waals surface area contributed by atoms with Crippen LogP contribution in [0.1, 0.15) is 27.7 Å². The molecule has 0 bridgehead atoms. The SMILES string of the molecule is COc1cc2c(ccc3c4c(=O)oc5cc(OC(C)C)c(OC)cc5c4n(CCN(C)C)c23)cc1OC(C)C. The van der Waals surface area contributed by atoms with Crippen molar-refractivity contribution in [2.75, 3.05) is 34.9 Å². The standard InChI is InChI=1S/C31H36N2O6/c1-17(2)37-26-13-19-9-10-20-28-30(33(12-11-32(5)6)29(20)21(19)14-24(26)35-7)22-15-25(36-8)27(38-18(3)4)16-23(22)39-31(28)34/h9-10,13-18H,11-12H2,1-8H3. The Morgan fingerprint density at radius 2 is 1.41 bits per heavy atom. The average Bonchev–Trinajstić information content (AvgIpc) is 3.21. The summed E-state index contributed by atoms with van der Waals surface area (Å²) in [6, 6.07) is 11.7. The van der Waals surface area contributed by atoms with Crippen molar-refractivity contribution in [1.82, 2.24) is 9.47 Å². The van der Waals surface area contributed by atoms with E-state index >= 15 is 0 Å². The van der Waals surface area contributed by atoms with E-state index in [1.54, 1.807) is 20.3 Å². The number of aromatic nitrogens is 1. The molecule has 0 atom stereocenters. The summed E-state index contributed by atoms with van der Waals surface area (Å²) in [6.45, 7) is 9.29. The maximum absolute atomic E-state index is 13.6. The fourth-order valence-electron chi connectivity index (χ4n) is 5.17. The molecule has 39 heavy (non-hydrogen) atoms. The lowest BCUT2D eigenvalue weighted by Crippen LogP contribution is -2.18. The van der Waals surface area contributed by atoms with Crippen LogP contribution < -0.4 is 24.6 Å². The van der Waals surface area contributed by atoms with Crippen LogP contribution in [0, 0.1) is 0 Å². The molecule has 8 nitrogen and oxygen atoms in total. The molecule has 0 amide bonds. The summed E-state index contributed by atoms with van der Waals surface area (Å²) in [4.78, 5) is 15.7. The third-order valence-corrected chi connectivity index (χ3v) is 6.75. The minimum Gasteiger partial charge on any atom is -0.493 e. The number of benzene rings is 3. The Morgan fingerprint density at radius 1 is 0.795 bits per heavy atom. The molecule has 0 spiro atoms. The fourth-order valence-corrected chi connectivity index (χ4v) is 5.17. The van der Waals surface area contributed by atoms with Gasteiger partial charge in [0, 0.05) is 35.3 Å². The highest BCUT2D eigenvalue weighted by Gasteiger charge is 2.23. The lowest BCUT2D eigenvalue weighted by Gasteiger charge is -2.17. The Labute approximate surface area is 227 Å². The zero-order valence-corrected chi connectivity index (χ0v) is 23.9. The molecule has 0 aliphatic heterocycles. The van der Waals surface area contributed by atoms with Crippen LogP contribution in [-0.2, 0) is 6.54 Å². The molecule has 206 valence electrons. The Bertz CT molecular complexity index is 1750. The van der Waals surface area contributed by atoms with E-state index in [1.165, 1.54) is 0 Å². The van der Waals surface area contributed by atoms with Crippen LogP contribution in [0.2, 0.25) is 0 Å². The zero-order valence-electron chi connectivity index (χ0n) is 23.9. The molecule has 0 aliphatic carbocycles. The normalized spacial score (nSPS) is 12.1. The van der Waals surface area contributed by atoms with Gasteiger partial charge in [0.25, 0.3) is 0 Å². The molecular weight excluding hydrogens is 496 g/mol. The summed E-state index contributed by atoms with van der Waals surface area (Å²) in [5.74, 6) is 2.44. The number of methoxy groups -OCH3 is 2. The van der Waals surface area contributed by atoms with E-state index in [2.05, 4.69) is 9.47 Å². The highest BCUT2D eigenvalue weighted by molar-refractivity contribution is 6.22. The molecule has 0 aliphatic rings. The number of hydrogen-bond donors (Lipinski definition) is 0. The largest absolute Gasteiger partial charge is 0.493 e. The summed E-state index contributed by atoms with van der Waals surface area (Å²) in [6.07, 6.45) is -0.0635. The molecule has 2 aromatic heterocycles. The summed E-state index contributed by atoms with van der Waals surface area (Å²) in [7, 11) is 7.33. The molecule has 0 fully saturated rings. The van der Waals surface area contributed by atoms with Gasteiger partial charge in [0.2, 0.25) is 0 Å². The van der Waals surface area contributed by atoms with E-state index in [1.807, 2.05) is 72.1 Å². The van der Waals surface area contributed by atoms with Crippen molar-refractivity contribution in [1.29, 1.82) is 0 Å². The number of rotatable bonds is 9. The molecule has 3 aromatic carbocycles. The van der Waals surface area contributed by atoms with Gasteiger partial charge < -0.3 is 32.8 Å². The van der Waals surface area contributed by atoms with E-state index < -0.39 is 5.63 Å². The third-order valence-electron chi connectivity index (χ3n) is 6.75. The minimum absolute atomic E-state index is 0.00201. The summed E-state index contributed by atoms with van der Waals surface area (Å²) >= 11 is 0. The average molecular weight is 533 g/mol. The predicted octanol–water partition coefficient (Wildman–Crippen LogP) is 6.21. The van der Waals surface area contributed by atoms with E-state index in [0.717, 1.165) is 39.1 Å². The van der Waals surface area contributed by atoms with Crippen molar-refractivity contribution >= 4 is 43.5 Å². The number of nitrogens with zero attached hydrogens (tertiary/aromatic N) is 2. The first-order valence-corrected chi connectivity index (χ1v) is 13.2. The Balaban J connectivity index is 1.93. The van der Waals surface area contributed by atoms with Crippen LogP contribution in [0.4, 0.5) is 0 Å². The van der Waals surface area contributed by atoms with Crippen LogP contribution in [-0.4, -0.2) is 56.5 Å². The van der Waals surface area contributed by atoms with Gasteiger partial charge in [-0.1, -0.05) is 12.1 Å². The molecule has 0 N–H and O–H groups in total. The second-order valence-corrected chi connectivity index (χ2v) is 10.6. The van der Waals surface area contributed by atoms with Gasteiger partial charge in [0.05, 0.1) is 42.8 Å². The number of likely N-dealkylation sites (N-methyl/N-ethyl adjacent to an activating group) is 1. The van der Waals surface area contributed by atoms with Gasteiger partial charge in [-0.2, -0.15) is 0 Å². The lowest BCUT2D eigenvalue weighted by molar-refractivity contribution is 0.230. The van der Waals surface area contributed by atoms with Crippen LogP contribution in [0.15, 0.2) is 45.6 Å². The van der Waals surface area contributed by atoms with Gasteiger partial charge in [0.1, 0.15) is 5.58 Å². The van der Waals surface area contributed by atoms with Crippen molar-refractivity contribution in [3.8, 4) is 23.0 Å². The van der Waals surface area contributed by atoms with Crippen molar-refractivity contribution in [2.45, 2.75) is 46.4 Å². The topological polar surface area (TPSA) is 75.3 Å². The second-order valence-electron chi connectivity index (χ2n) is 10.6. The van der Waals surface area contributed by atoms with Crippen molar-refractivity contribution < 1.29 is 23.4 Å². The highest BCUT2D eigenvalue weighted by atomic mass is 16.5. The molecular formula is C31H36N2O6. The fraction of sp³-hybridized carbons (Fsp3) is 0.387. The molecule has 5 aromatic rings. The highest BCUT2D eigenvalue weighted by Crippen LogP contribution is 2.42. The van der Waals surface area contributed by atoms with Gasteiger partial charge in [-0.25, -0.2) is 4.79 Å². The smallest absolute Gasteiger partial charge is 0.346 e. The number of fused-ring (bicyclic) bond motifs is 7. The van der Waals surface area contributed by atoms with Gasteiger partial charge in [-0.15, -0.1) is 0 Å². The van der Waals surface area contributed by atoms with Crippen LogP contribution in [0.3, 0.4) is 0 Å². The van der Waals surface area contributed by atoms with Crippen LogP contribution in [0.5, 0.6) is 23.0 Å². The Hall–Kier alpha value is -3.91. The number of ether oxygens (including phenoxy) is 4. The lowest BCUT2D eigenvalue weighted by atomic mass is 10.0. The molecule has 0 saturated heterocycles. The van der Waals surface area contributed by atoms with Crippen LogP contribution >= 0.6 is 0 Å². The molecule has 0 saturated carbocycles. The predicted molar refractivity (Wildman–Crippen MR) is 156 cm³/mol. The molecule has 2 heterocycles. The van der Waals surface area contributed by atoms with E-state index in [0.29, 0.717) is 40.5 Å². The summed E-state index contributed by atoms with van der Waals surface area (Å²) in [5.41, 5.74) is 1.81. The van der Waals surface area contributed by atoms with Gasteiger partial charge in [-0.05, 0) is 65.4 Å². The third kappa shape index (κ3) is 4.74. The number of hydrogen-bond acceptors (Lipinski definition) is 7. The first-order valence-electron chi connectivity index (χ1n) is 13.2. The first kappa shape index (κ1) is 26.7. The monoisotopic (exact) mass is 532 g/mol. The molecule has 0 radical (unpaired) electrons. The molecule has 5 rings (SSSR count). The van der Waals surface area contributed by atoms with E-state index in [-0.39, 0.29) is 12.2 Å². The quantitative estimate of drug-likeness (QED) is 0.209. The molecule has 0 unspecified atom stereocenters. The summed E-state index contributed by atoms with van der Waals surface area (Å²) in [5, 5.41) is 4.11. The minimum atomic E-state index is -0.391. The van der Waals surface area contributed by atoms with Gasteiger partial charge in [-0.3, -0.25) is 0 Å². The van der Waals surface area contributed by atoms with Crippen LogP contribution in [0.25, 0.3) is 43.5 Å². The Morgan fingerprint density at radius 3 is 2.00 bits per heavy atom. The maximum atomic E-state index is 13.6. The van der Waals surface area contributed by atoms with Gasteiger partial charge >= 0.3 is 5.63 Å². The van der Waals surface area contributed by atoms with Crippen molar-refractivity contribution in [2.24, 2.45) is 0 Å². The van der Waals surface area contributed by atoms with E-state index in [9.17, 15) is 4.79 Å². The maximum Gasteiger partial charge on any atom is 0.346 e. The first-order chi connectivity index (χ1) is 18.6. The Kier molecular flexibility index (Phi) is 7.07. The zero-order chi connectivity index (χ0) is 28.0. The molecule has 8 heteroatoms. The second kappa shape index (κ2) is 10.3. The summed E-state index contributed by atoms with van der Waals surface area (Å²) < 4.78 is 31.5. The van der Waals surface area contributed by atoms with Crippen molar-refractivity contribution in [3.05, 3.63) is 46.8 Å². The van der Waals surface area contributed by atoms with Crippen molar-refractivity contribution in [3.63, 3.8) is 0 Å².